The molecule has 0 radical (unpaired) electrons. The van der Waals surface area contributed by atoms with Gasteiger partial charge in [-0.15, -0.1) is 17.3 Å². The van der Waals surface area contributed by atoms with Gasteiger partial charge in [0.25, 0.3) is 0 Å². The Morgan fingerprint density at radius 1 is 1.54 bits per heavy atom. The number of aliphatic carboxylic acids is 1. The number of amides is 2. The highest BCUT2D eigenvalue weighted by Gasteiger charge is 1.97. The molecule has 0 saturated heterocycles. The number of rotatable bonds is 2. The number of nitrogens with two attached hydrogens (primary N) is 2. The molecule has 8 nitrogen and oxygen atoms in total. The van der Waals surface area contributed by atoms with Crippen molar-refractivity contribution >= 4 is 24.4 Å². The number of primary amides is 1. The van der Waals surface area contributed by atoms with Gasteiger partial charge < -0.3 is 16.6 Å². The Kier molecular flexibility index (Phi) is 14.3. The van der Waals surface area contributed by atoms with Crippen molar-refractivity contribution < 1.29 is 14.7 Å². The maximum absolute atomic E-state index is 9.78. The van der Waals surface area contributed by atoms with Gasteiger partial charge in [-0.25, -0.2) is 4.79 Å². The van der Waals surface area contributed by atoms with E-state index >= 15 is 0 Å². The third-order valence-electron chi connectivity index (χ3n) is 0.616. The highest BCUT2D eigenvalue weighted by molar-refractivity contribution is 5.85. The van der Waals surface area contributed by atoms with Crippen LogP contribution < -0.4 is 11.5 Å². The van der Waals surface area contributed by atoms with Crippen LogP contribution in [0.25, 0.3) is 0 Å². The summed E-state index contributed by atoms with van der Waals surface area (Å²) in [5.41, 5.74) is 9.11. The van der Waals surface area contributed by atoms with Gasteiger partial charge in [-0.2, -0.15) is 5.01 Å². The van der Waals surface area contributed by atoms with Crippen LogP contribution in [0.1, 0.15) is 0 Å². The molecule has 0 fully saturated rings. The maximum atomic E-state index is 9.78. The van der Waals surface area contributed by atoms with Crippen molar-refractivity contribution in [2.75, 3.05) is 13.6 Å². The fourth-order valence-corrected chi connectivity index (χ4v) is 0.0402. The lowest BCUT2D eigenvalue weighted by Crippen LogP contribution is -2.26. The van der Waals surface area contributed by atoms with Crippen molar-refractivity contribution in [1.82, 2.24) is 5.01 Å². The molecule has 0 rings (SSSR count). The summed E-state index contributed by atoms with van der Waals surface area (Å²) >= 11 is 0. The number of hydrogen-bond donors (Lipinski definition) is 3. The van der Waals surface area contributed by atoms with Crippen molar-refractivity contribution in [3.63, 3.8) is 0 Å². The third-order valence-corrected chi connectivity index (χ3v) is 0.616. The highest BCUT2D eigenvalue weighted by Crippen LogP contribution is 1.76. The standard InChI is InChI=1S/C2H5N3O2.C2H5NO2.ClH/c1-5(4-7)2(3)6;3-1-2(4)5;/h1H3,(H2,3,6);1,3H2,(H,4,5);1H. The quantitative estimate of drug-likeness (QED) is 0.405. The summed E-state index contributed by atoms with van der Waals surface area (Å²) < 4.78 is 0. The zero-order valence-electron chi connectivity index (χ0n) is 6.84. The van der Waals surface area contributed by atoms with Gasteiger partial charge in [0.1, 0.15) is 0 Å². The van der Waals surface area contributed by atoms with Gasteiger partial charge in [0.05, 0.1) is 11.8 Å². The van der Waals surface area contributed by atoms with E-state index in [4.69, 9.17) is 5.11 Å². The van der Waals surface area contributed by atoms with Gasteiger partial charge in [0.2, 0.25) is 0 Å². The Morgan fingerprint density at radius 3 is 1.85 bits per heavy atom. The zero-order valence-corrected chi connectivity index (χ0v) is 7.65. The number of nitrogens with zero attached hydrogens (tertiary/aromatic N) is 2. The molecule has 0 bridgehead atoms. The van der Waals surface area contributed by atoms with E-state index in [-0.39, 0.29) is 19.0 Å². The van der Waals surface area contributed by atoms with Crippen molar-refractivity contribution in [1.29, 1.82) is 0 Å². The van der Waals surface area contributed by atoms with E-state index in [2.05, 4.69) is 16.8 Å². The van der Waals surface area contributed by atoms with Crippen LogP contribution in [-0.4, -0.2) is 35.7 Å². The minimum Gasteiger partial charge on any atom is -0.480 e. The summed E-state index contributed by atoms with van der Waals surface area (Å²) in [7, 11) is 1.18. The van der Waals surface area contributed by atoms with Crippen molar-refractivity contribution in [2.24, 2.45) is 16.8 Å². The molecule has 0 aliphatic carbocycles. The van der Waals surface area contributed by atoms with Gasteiger partial charge in [-0.05, 0) is 0 Å². The normalized spacial score (nSPS) is 6.92. The second-order valence-corrected chi connectivity index (χ2v) is 1.54. The lowest BCUT2D eigenvalue weighted by molar-refractivity contribution is -0.135. The minimum atomic E-state index is -0.968. The second-order valence-electron chi connectivity index (χ2n) is 1.54. The average molecular weight is 215 g/mol. The molecule has 0 atom stereocenters. The van der Waals surface area contributed by atoms with Gasteiger partial charge in [-0.3, -0.25) is 4.79 Å². The number of urea groups is 1. The molecule has 0 unspecified atom stereocenters. The molecule has 0 aliphatic rings. The first-order chi connectivity index (χ1) is 5.45. The highest BCUT2D eigenvalue weighted by atomic mass is 35.5. The fraction of sp³-hybridized carbons (Fsp3) is 0.500. The topological polar surface area (TPSA) is 139 Å². The summed E-state index contributed by atoms with van der Waals surface area (Å²) in [4.78, 5) is 28.3. The van der Waals surface area contributed by atoms with E-state index in [1.54, 1.807) is 0 Å². The third kappa shape index (κ3) is 18.0. The van der Waals surface area contributed by atoms with Crippen LogP contribution in [-0.2, 0) is 4.79 Å². The van der Waals surface area contributed by atoms with Crippen LogP contribution in [0.3, 0.4) is 0 Å². The molecule has 0 spiro atoms. The van der Waals surface area contributed by atoms with Gasteiger partial charge in [0.15, 0.2) is 0 Å². The minimum absolute atomic E-state index is 0. The van der Waals surface area contributed by atoms with E-state index in [0.717, 1.165) is 0 Å². The first-order valence-corrected chi connectivity index (χ1v) is 2.74. The summed E-state index contributed by atoms with van der Waals surface area (Å²) in [6, 6.07) is -0.852. The second kappa shape index (κ2) is 10.6. The van der Waals surface area contributed by atoms with Crippen LogP contribution in [0.4, 0.5) is 4.79 Å². The predicted octanol–water partition coefficient (Wildman–Crippen LogP) is -0.870. The lowest BCUT2D eigenvalue weighted by atomic mass is 10.7. The van der Waals surface area contributed by atoms with Crippen molar-refractivity contribution in [3.8, 4) is 0 Å². The molecule has 78 valence electrons. The zero-order chi connectivity index (χ0) is 10.1. The molecule has 0 aromatic heterocycles. The van der Waals surface area contributed by atoms with Crippen LogP contribution in [0.2, 0.25) is 0 Å². The molecule has 2 amide bonds. The van der Waals surface area contributed by atoms with Gasteiger partial charge >= 0.3 is 12.0 Å². The van der Waals surface area contributed by atoms with E-state index in [1.807, 2.05) is 0 Å². The Morgan fingerprint density at radius 2 is 1.85 bits per heavy atom. The Labute approximate surface area is 80.2 Å². The average Bonchev–Trinajstić information content (AvgIpc) is 2.04. The Bertz CT molecular complexity index is 176. The van der Waals surface area contributed by atoms with Crippen LogP contribution in [0, 0.1) is 4.91 Å². The molecular formula is C4H11ClN4O4. The van der Waals surface area contributed by atoms with E-state index in [0.29, 0.717) is 5.01 Å². The molecule has 0 saturated carbocycles. The Balaban J connectivity index is -0.000000150. The monoisotopic (exact) mass is 214 g/mol. The number of carboxylic acids is 1. The number of halogens is 1. The van der Waals surface area contributed by atoms with Gasteiger partial charge in [0, 0.05) is 7.05 Å². The molecule has 0 aromatic carbocycles. The SMILES string of the molecule is CN(N=O)C(N)=O.Cl.NCC(=O)O. The van der Waals surface area contributed by atoms with E-state index in [1.165, 1.54) is 7.05 Å². The van der Waals surface area contributed by atoms with Gasteiger partial charge in [-0.1, -0.05) is 0 Å². The van der Waals surface area contributed by atoms with Crippen LogP contribution >= 0.6 is 12.4 Å². The largest absolute Gasteiger partial charge is 0.480 e. The maximum Gasteiger partial charge on any atom is 0.337 e. The van der Waals surface area contributed by atoms with Crippen molar-refractivity contribution in [2.45, 2.75) is 0 Å². The van der Waals surface area contributed by atoms with E-state index < -0.39 is 12.0 Å². The number of carbonyl (C=O) groups is 2. The summed E-state index contributed by atoms with van der Waals surface area (Å²) in [5, 5.41) is 10.3. The first-order valence-electron chi connectivity index (χ1n) is 2.74. The molecule has 5 N–H and O–H groups in total. The smallest absolute Gasteiger partial charge is 0.337 e. The van der Waals surface area contributed by atoms with Crippen molar-refractivity contribution in [3.05, 3.63) is 4.91 Å². The molecular weight excluding hydrogens is 204 g/mol. The number of nitroso groups, excluding NO2 is 1. The number of carbonyl (C=O) groups excluding carboxylic acids is 1. The molecule has 0 heterocycles. The van der Waals surface area contributed by atoms with E-state index in [9.17, 15) is 14.5 Å². The first kappa shape index (κ1) is 17.6. The lowest BCUT2D eigenvalue weighted by Gasteiger charge is -1.97. The van der Waals surface area contributed by atoms with Crippen LogP contribution in [0.5, 0.6) is 0 Å². The number of hydrogen-bond acceptors (Lipinski definition) is 5. The summed E-state index contributed by atoms with van der Waals surface area (Å²) in [6.45, 7) is -0.278. The summed E-state index contributed by atoms with van der Waals surface area (Å²) in [5.74, 6) is -0.968. The molecule has 0 aliphatic heterocycles. The summed E-state index contributed by atoms with van der Waals surface area (Å²) in [6.07, 6.45) is 0. The Hall–Kier alpha value is -1.41. The molecule has 13 heavy (non-hydrogen) atoms. The predicted molar refractivity (Wildman–Crippen MR) is 47.1 cm³/mol. The molecule has 0 aromatic rings. The fourth-order valence-electron chi connectivity index (χ4n) is 0.0402. The number of carboxylic acid groups (broad SMARTS) is 1. The molecule has 9 heteroatoms. The van der Waals surface area contributed by atoms with Crippen LogP contribution in [0.15, 0.2) is 5.29 Å².